The fourth-order valence-corrected chi connectivity index (χ4v) is 6.94. The van der Waals surface area contributed by atoms with Crippen molar-refractivity contribution >= 4 is 29.5 Å². The molecule has 1 aromatic heterocycles. The summed E-state index contributed by atoms with van der Waals surface area (Å²) in [5.74, 6) is -1.81. The first-order valence-corrected chi connectivity index (χ1v) is 21.2. The van der Waals surface area contributed by atoms with E-state index in [0.29, 0.717) is 50.9 Å². The highest BCUT2D eigenvalue weighted by molar-refractivity contribution is 5.99. The molecule has 10 N–H and O–H groups in total. The first kappa shape index (κ1) is 49.8. The Kier molecular flexibility index (Phi) is 19.2. The number of carbonyl (C=O) groups excluding carboxylic acids is 5. The molecule has 0 saturated carbocycles. The Morgan fingerprint density at radius 1 is 0.938 bits per heavy atom. The highest BCUT2D eigenvalue weighted by Gasteiger charge is 2.32. The molecule has 1 aliphatic rings. The second-order valence-corrected chi connectivity index (χ2v) is 15.5. The highest BCUT2D eigenvalue weighted by Crippen LogP contribution is 2.40. The molecule has 340 valence electrons. The van der Waals surface area contributed by atoms with Crippen molar-refractivity contribution in [3.05, 3.63) is 101 Å². The van der Waals surface area contributed by atoms with Gasteiger partial charge in [-0.15, -0.1) is 0 Å². The molecule has 4 aromatic rings. The minimum absolute atomic E-state index is 0.0253. The van der Waals surface area contributed by atoms with Crippen LogP contribution in [0, 0.1) is 24.2 Å². The molecule has 3 aromatic carbocycles. The summed E-state index contributed by atoms with van der Waals surface area (Å²) in [6, 6.07) is 19.6. The van der Waals surface area contributed by atoms with Gasteiger partial charge in [0.25, 0.3) is 5.91 Å². The predicted molar refractivity (Wildman–Crippen MR) is 244 cm³/mol. The van der Waals surface area contributed by atoms with Crippen molar-refractivity contribution in [3.63, 3.8) is 0 Å². The quantitative estimate of drug-likeness (QED) is 0.0849. The molecule has 0 saturated heterocycles. The molecule has 0 radical (unpaired) electrons. The summed E-state index contributed by atoms with van der Waals surface area (Å²) in [7, 11) is 1.42. The second-order valence-electron chi connectivity index (χ2n) is 15.5. The number of ether oxygens (including phenoxy) is 2. The highest BCUT2D eigenvalue weighted by atomic mass is 16.5. The van der Waals surface area contributed by atoms with Gasteiger partial charge in [0.2, 0.25) is 23.6 Å². The predicted octanol–water partition coefficient (Wildman–Crippen LogP) is 2.29. The number of fused-ring (bicyclic) bond motifs is 5. The van der Waals surface area contributed by atoms with E-state index in [1.165, 1.54) is 23.7 Å². The van der Waals surface area contributed by atoms with Crippen LogP contribution in [0.1, 0.15) is 59.4 Å². The van der Waals surface area contributed by atoms with Gasteiger partial charge in [-0.05, 0) is 78.4 Å². The summed E-state index contributed by atoms with van der Waals surface area (Å²) >= 11 is 0. The average molecular weight is 877 g/mol. The van der Waals surface area contributed by atoms with E-state index in [-0.39, 0.29) is 44.8 Å². The Balaban J connectivity index is 0.00000291. The number of amides is 5. The number of pyridine rings is 1. The molecule has 0 spiro atoms. The fourth-order valence-electron chi connectivity index (χ4n) is 6.94. The van der Waals surface area contributed by atoms with Gasteiger partial charge in [-0.25, -0.2) is 0 Å². The molecule has 1 aliphatic heterocycles. The van der Waals surface area contributed by atoms with Crippen LogP contribution in [0.15, 0.2) is 72.9 Å². The van der Waals surface area contributed by atoms with Crippen LogP contribution in [-0.2, 0) is 32.0 Å². The Morgan fingerprint density at radius 3 is 2.19 bits per heavy atom. The van der Waals surface area contributed by atoms with E-state index in [2.05, 4.69) is 52.2 Å². The van der Waals surface area contributed by atoms with Gasteiger partial charge >= 0.3 is 0 Å². The first-order valence-electron chi connectivity index (χ1n) is 21.2. The van der Waals surface area contributed by atoms with Crippen LogP contribution in [0.4, 0.5) is 0 Å². The largest absolute Gasteiger partial charge is 0.492 e. The minimum atomic E-state index is -1.32. The third-order valence-electron chi connectivity index (χ3n) is 9.94. The molecule has 17 heteroatoms. The smallest absolute Gasteiger partial charge is 0.253 e. The van der Waals surface area contributed by atoms with Crippen molar-refractivity contribution in [2.24, 2.45) is 23.1 Å². The third-order valence-corrected chi connectivity index (χ3v) is 9.94. The summed E-state index contributed by atoms with van der Waals surface area (Å²) in [6.45, 7) is 8.22. The zero-order valence-electron chi connectivity index (χ0n) is 37.2. The van der Waals surface area contributed by atoms with Gasteiger partial charge in [0.15, 0.2) is 0 Å². The Morgan fingerprint density at radius 2 is 1.58 bits per heavy atom. The van der Waals surface area contributed by atoms with E-state index >= 15 is 0 Å². The summed E-state index contributed by atoms with van der Waals surface area (Å²) in [5, 5.41) is 19.5. The zero-order chi connectivity index (χ0) is 46.8. The SMILES string of the molecule is CCN.Cc1cc(-c2ccc(CC(C)C)cc2)ncc1C(=O)NCC(=O)N(C)C1C(=O)NCC(=O)NC(C(=O)NCC#N)Cc2ccc(OCCN)c(c2)-c2cc1ccc2OCCN. The fraction of sp³-hybridized carbons (Fsp3) is 0.383. The molecule has 5 rings (SSSR count). The van der Waals surface area contributed by atoms with Crippen LogP contribution in [-0.4, -0.2) is 105 Å². The number of aromatic nitrogens is 1. The number of nitriles is 1. The van der Waals surface area contributed by atoms with Gasteiger partial charge in [0.05, 0.1) is 30.4 Å². The normalized spacial score (nSPS) is 14.6. The lowest BCUT2D eigenvalue weighted by Crippen LogP contribution is -2.52. The maximum absolute atomic E-state index is 14.1. The van der Waals surface area contributed by atoms with Gasteiger partial charge in [0.1, 0.15) is 43.3 Å². The van der Waals surface area contributed by atoms with Crippen LogP contribution >= 0.6 is 0 Å². The number of hydrogen-bond donors (Lipinski definition) is 7. The summed E-state index contributed by atoms with van der Waals surface area (Å²) in [5.41, 5.74) is 22.2. The molecule has 2 unspecified atom stereocenters. The van der Waals surface area contributed by atoms with Crippen molar-refractivity contribution in [2.45, 2.75) is 52.6 Å². The molecule has 17 nitrogen and oxygen atoms in total. The number of rotatable bonds is 15. The number of carbonyl (C=O) groups is 5. The van der Waals surface area contributed by atoms with Crippen molar-refractivity contribution in [3.8, 4) is 40.0 Å². The van der Waals surface area contributed by atoms with Crippen LogP contribution in [0.2, 0.25) is 0 Å². The number of likely N-dealkylation sites (N-methyl/N-ethyl adjacent to an activating group) is 1. The number of benzene rings is 3. The van der Waals surface area contributed by atoms with E-state index in [9.17, 15) is 24.0 Å². The molecular formula is C47H60N10O7. The molecule has 64 heavy (non-hydrogen) atoms. The van der Waals surface area contributed by atoms with Crippen molar-refractivity contribution in [1.29, 1.82) is 5.26 Å². The Labute approximate surface area is 374 Å². The molecule has 4 bridgehead atoms. The lowest BCUT2D eigenvalue weighted by molar-refractivity contribution is -0.139. The number of hydrogen-bond acceptors (Lipinski definition) is 12. The second kappa shape index (κ2) is 24.7. The number of nitrogens with zero attached hydrogens (tertiary/aromatic N) is 3. The summed E-state index contributed by atoms with van der Waals surface area (Å²) < 4.78 is 12.1. The van der Waals surface area contributed by atoms with Crippen molar-refractivity contribution in [1.82, 2.24) is 31.2 Å². The Hall–Kier alpha value is -6.87. The van der Waals surface area contributed by atoms with E-state index in [1.54, 1.807) is 43.3 Å². The number of nitrogens with two attached hydrogens (primary N) is 3. The molecule has 0 aliphatic carbocycles. The number of nitrogens with one attached hydrogen (secondary N) is 4. The maximum Gasteiger partial charge on any atom is 0.253 e. The zero-order valence-corrected chi connectivity index (χ0v) is 37.2. The van der Waals surface area contributed by atoms with Gasteiger partial charge in [0, 0.05) is 49.4 Å². The van der Waals surface area contributed by atoms with E-state index in [4.69, 9.17) is 31.9 Å². The van der Waals surface area contributed by atoms with Gasteiger partial charge in [-0.2, -0.15) is 5.26 Å². The van der Waals surface area contributed by atoms with Gasteiger partial charge < -0.3 is 52.8 Å². The summed E-state index contributed by atoms with van der Waals surface area (Å²) in [4.78, 5) is 73.6. The van der Waals surface area contributed by atoms with E-state index < -0.39 is 54.7 Å². The van der Waals surface area contributed by atoms with E-state index in [0.717, 1.165) is 18.5 Å². The van der Waals surface area contributed by atoms with Crippen LogP contribution in [0.3, 0.4) is 0 Å². The first-order chi connectivity index (χ1) is 30.7. The number of aryl methyl sites for hydroxylation is 1. The monoisotopic (exact) mass is 876 g/mol. The summed E-state index contributed by atoms with van der Waals surface area (Å²) in [6.07, 6.45) is 2.46. The van der Waals surface area contributed by atoms with Crippen LogP contribution in [0.5, 0.6) is 11.5 Å². The molecule has 2 heterocycles. The standard InChI is InChI=1S/C45H53N9O7.C2H7N/c1-27(2)19-29-5-8-31(9-6-29)36-20-28(3)35(24-50-36)43(57)52-26-41(56)54(4)42-32-10-12-39(61-18-15-48)34(23-32)33-21-30(7-11-38(33)60-17-14-47)22-37(44(58)49-16-13-46)53-40(55)25-51-45(42)59;1-2-3/h5-12,20-21,23-24,27,37,42H,14-19,22,25-26,47-48H2,1-4H3,(H,49,58)(H,51,59)(H,52,57)(H,53,55);2-3H2,1H3. The average Bonchev–Trinajstić information content (AvgIpc) is 3.28. The minimum Gasteiger partial charge on any atom is -0.492 e. The van der Waals surface area contributed by atoms with E-state index in [1.807, 2.05) is 31.2 Å². The van der Waals surface area contributed by atoms with Crippen LogP contribution < -0.4 is 47.9 Å². The van der Waals surface area contributed by atoms with Crippen molar-refractivity contribution < 1.29 is 33.4 Å². The van der Waals surface area contributed by atoms with Gasteiger partial charge in [-0.3, -0.25) is 29.0 Å². The lowest BCUT2D eigenvalue weighted by atomic mass is 9.93. The third kappa shape index (κ3) is 13.8. The Bertz CT molecular complexity index is 2290. The van der Waals surface area contributed by atoms with Gasteiger partial charge in [-0.1, -0.05) is 57.2 Å². The molecular weight excluding hydrogens is 817 g/mol. The maximum atomic E-state index is 14.1. The topological polar surface area (TPSA) is 270 Å². The lowest BCUT2D eigenvalue weighted by Gasteiger charge is -2.29. The molecule has 2 atom stereocenters. The molecule has 0 fully saturated rings. The van der Waals surface area contributed by atoms with Crippen LogP contribution in [0.25, 0.3) is 22.4 Å². The van der Waals surface area contributed by atoms with Crippen molar-refractivity contribution in [2.75, 3.05) is 59.5 Å². The molecule has 5 amide bonds.